The molecule has 2 heteroatoms. The second-order valence-electron chi connectivity index (χ2n) is 5.33. The number of hydrogen-bond acceptors (Lipinski definition) is 1. The first-order valence-electron chi connectivity index (χ1n) is 6.88. The van der Waals surface area contributed by atoms with Crippen LogP contribution in [0.25, 0.3) is 0 Å². The highest BCUT2D eigenvalue weighted by Crippen LogP contribution is 2.33. The van der Waals surface area contributed by atoms with Crippen molar-refractivity contribution in [1.82, 2.24) is 0 Å². The molecule has 0 N–H and O–H groups in total. The average Bonchev–Trinajstić information content (AvgIpc) is 2.62. The molecule has 1 rings (SSSR count). The fourth-order valence-electron chi connectivity index (χ4n) is 2.66. The van der Waals surface area contributed by atoms with E-state index in [1.807, 2.05) is 0 Å². The van der Waals surface area contributed by atoms with Crippen LogP contribution in [0.15, 0.2) is 0 Å². The van der Waals surface area contributed by atoms with Crippen molar-refractivity contribution in [3.63, 3.8) is 0 Å². The minimum Gasteiger partial charge on any atom is -0.414 e. The van der Waals surface area contributed by atoms with Gasteiger partial charge in [0.15, 0.2) is 8.32 Å². The summed E-state index contributed by atoms with van der Waals surface area (Å²) in [6.45, 7) is 7.01. The van der Waals surface area contributed by atoms with Gasteiger partial charge in [-0.1, -0.05) is 46.0 Å². The third-order valence-electron chi connectivity index (χ3n) is 3.60. The normalized spacial score (nSPS) is 21.8. The van der Waals surface area contributed by atoms with E-state index in [-0.39, 0.29) is 0 Å². The molecule has 0 amide bonds. The van der Waals surface area contributed by atoms with Gasteiger partial charge in [-0.05, 0) is 31.5 Å². The van der Waals surface area contributed by atoms with E-state index in [1.54, 1.807) is 0 Å². The Hall–Kier alpha value is 0.177. The van der Waals surface area contributed by atoms with E-state index in [9.17, 15) is 0 Å². The summed E-state index contributed by atoms with van der Waals surface area (Å²) in [5, 5.41) is 0. The standard InChI is InChI=1S/C13H28OSi/c1-4-6-10-13(9-5-2)14-15(3)11-7-8-12-15/h13H,4-12H2,1-3H3. The van der Waals surface area contributed by atoms with Crippen LogP contribution in [0, 0.1) is 0 Å². The van der Waals surface area contributed by atoms with Gasteiger partial charge in [0.1, 0.15) is 0 Å². The molecule has 0 aromatic carbocycles. The summed E-state index contributed by atoms with van der Waals surface area (Å²) in [4.78, 5) is 0. The fourth-order valence-corrected chi connectivity index (χ4v) is 6.18. The molecule has 0 aromatic rings. The number of unbranched alkanes of at least 4 members (excludes halogenated alkanes) is 1. The van der Waals surface area contributed by atoms with E-state index in [0.717, 1.165) is 0 Å². The topological polar surface area (TPSA) is 9.23 Å². The van der Waals surface area contributed by atoms with Gasteiger partial charge in [-0.3, -0.25) is 0 Å². The Morgan fingerprint density at radius 2 is 1.73 bits per heavy atom. The Morgan fingerprint density at radius 1 is 1.07 bits per heavy atom. The number of hydrogen-bond donors (Lipinski definition) is 0. The van der Waals surface area contributed by atoms with Crippen LogP contribution in [-0.2, 0) is 4.43 Å². The summed E-state index contributed by atoms with van der Waals surface area (Å²) >= 11 is 0. The Bertz CT molecular complexity index is 164. The van der Waals surface area contributed by atoms with Gasteiger partial charge in [-0.25, -0.2) is 0 Å². The summed E-state index contributed by atoms with van der Waals surface area (Å²) in [5.74, 6) is 0. The van der Waals surface area contributed by atoms with Crippen molar-refractivity contribution in [1.29, 1.82) is 0 Å². The van der Waals surface area contributed by atoms with Gasteiger partial charge in [0.25, 0.3) is 0 Å². The van der Waals surface area contributed by atoms with Crippen LogP contribution in [0.5, 0.6) is 0 Å². The average molecular weight is 228 g/mol. The van der Waals surface area contributed by atoms with Gasteiger partial charge in [0.2, 0.25) is 0 Å². The summed E-state index contributed by atoms with van der Waals surface area (Å²) in [6, 6.07) is 2.83. The van der Waals surface area contributed by atoms with Gasteiger partial charge in [-0.2, -0.15) is 0 Å². The van der Waals surface area contributed by atoms with Gasteiger partial charge >= 0.3 is 0 Å². The van der Waals surface area contributed by atoms with Crippen molar-refractivity contribution in [2.45, 2.75) is 83.5 Å². The molecule has 0 aromatic heterocycles. The molecule has 1 fully saturated rings. The Labute approximate surface area is 96.7 Å². The minimum atomic E-state index is -1.24. The maximum Gasteiger partial charge on any atom is 0.190 e. The summed E-state index contributed by atoms with van der Waals surface area (Å²) in [5.41, 5.74) is 0. The zero-order chi connectivity index (χ0) is 11.1. The quantitative estimate of drug-likeness (QED) is 0.572. The molecule has 0 radical (unpaired) electrons. The van der Waals surface area contributed by atoms with Crippen molar-refractivity contribution in [3.8, 4) is 0 Å². The van der Waals surface area contributed by atoms with Gasteiger partial charge < -0.3 is 4.43 Å². The van der Waals surface area contributed by atoms with E-state index in [2.05, 4.69) is 20.4 Å². The molecule has 0 aliphatic carbocycles. The van der Waals surface area contributed by atoms with Crippen LogP contribution in [0.3, 0.4) is 0 Å². The molecule has 0 spiro atoms. The van der Waals surface area contributed by atoms with Crippen molar-refractivity contribution in [2.24, 2.45) is 0 Å². The molecular weight excluding hydrogens is 200 g/mol. The molecule has 1 nitrogen and oxygen atoms in total. The molecule has 1 aliphatic rings. The van der Waals surface area contributed by atoms with E-state index in [0.29, 0.717) is 6.10 Å². The van der Waals surface area contributed by atoms with Crippen molar-refractivity contribution in [2.75, 3.05) is 0 Å². The monoisotopic (exact) mass is 228 g/mol. The lowest BCUT2D eigenvalue weighted by Gasteiger charge is -2.29. The van der Waals surface area contributed by atoms with E-state index >= 15 is 0 Å². The van der Waals surface area contributed by atoms with Crippen LogP contribution in [0.1, 0.15) is 58.8 Å². The fraction of sp³-hybridized carbons (Fsp3) is 1.00. The first-order chi connectivity index (χ1) is 7.20. The molecule has 1 unspecified atom stereocenters. The zero-order valence-electron chi connectivity index (χ0n) is 10.8. The molecule has 1 heterocycles. The van der Waals surface area contributed by atoms with Gasteiger partial charge in [-0.15, -0.1) is 0 Å². The summed E-state index contributed by atoms with van der Waals surface area (Å²) in [6.07, 6.45) is 9.94. The van der Waals surface area contributed by atoms with E-state index in [1.165, 1.54) is 57.0 Å². The second kappa shape index (κ2) is 6.69. The predicted octanol–water partition coefficient (Wildman–Crippen LogP) is 4.73. The maximum atomic E-state index is 6.48. The van der Waals surface area contributed by atoms with Crippen LogP contribution >= 0.6 is 0 Å². The molecule has 0 bridgehead atoms. The van der Waals surface area contributed by atoms with Gasteiger partial charge in [0.05, 0.1) is 0 Å². The van der Waals surface area contributed by atoms with E-state index in [4.69, 9.17) is 4.43 Å². The highest BCUT2D eigenvalue weighted by atomic mass is 28.4. The summed E-state index contributed by atoms with van der Waals surface area (Å²) < 4.78 is 6.48. The minimum absolute atomic E-state index is 0.588. The third-order valence-corrected chi connectivity index (χ3v) is 7.33. The van der Waals surface area contributed by atoms with E-state index < -0.39 is 8.32 Å². The van der Waals surface area contributed by atoms with Crippen LogP contribution in [0.4, 0.5) is 0 Å². The predicted molar refractivity (Wildman–Crippen MR) is 69.8 cm³/mol. The Morgan fingerprint density at radius 3 is 2.27 bits per heavy atom. The molecule has 1 saturated heterocycles. The van der Waals surface area contributed by atoms with Crippen molar-refractivity contribution < 1.29 is 4.43 Å². The molecule has 15 heavy (non-hydrogen) atoms. The lowest BCUT2D eigenvalue weighted by molar-refractivity contribution is 0.166. The third kappa shape index (κ3) is 4.69. The largest absolute Gasteiger partial charge is 0.414 e. The highest BCUT2D eigenvalue weighted by Gasteiger charge is 2.34. The molecule has 1 atom stereocenters. The van der Waals surface area contributed by atoms with Crippen LogP contribution in [-0.4, -0.2) is 14.4 Å². The SMILES string of the molecule is CCCCC(CCC)O[Si]1(C)CCCC1. The van der Waals surface area contributed by atoms with Gasteiger partial charge in [0, 0.05) is 6.10 Å². The summed E-state index contributed by atoms with van der Waals surface area (Å²) in [7, 11) is -1.24. The first-order valence-corrected chi connectivity index (χ1v) is 9.70. The lowest BCUT2D eigenvalue weighted by atomic mass is 10.1. The maximum absolute atomic E-state index is 6.48. The smallest absolute Gasteiger partial charge is 0.190 e. The highest BCUT2D eigenvalue weighted by molar-refractivity contribution is 6.73. The van der Waals surface area contributed by atoms with Crippen LogP contribution in [0.2, 0.25) is 18.6 Å². The molecule has 90 valence electrons. The van der Waals surface area contributed by atoms with Crippen molar-refractivity contribution in [3.05, 3.63) is 0 Å². The van der Waals surface area contributed by atoms with Crippen molar-refractivity contribution >= 4 is 8.32 Å². The molecule has 1 aliphatic heterocycles. The number of rotatable bonds is 7. The molecular formula is C13H28OSi. The lowest BCUT2D eigenvalue weighted by Crippen LogP contribution is -2.35. The van der Waals surface area contributed by atoms with Crippen LogP contribution < -0.4 is 0 Å². The second-order valence-corrected chi connectivity index (χ2v) is 9.46. The zero-order valence-corrected chi connectivity index (χ0v) is 11.8. The Kier molecular flexibility index (Phi) is 5.91. The first kappa shape index (κ1) is 13.2. The Balaban J connectivity index is 2.34. The molecule has 0 saturated carbocycles.